The number of nitrogens with zero attached hydrogens (tertiary/aromatic N) is 3. The van der Waals surface area contributed by atoms with E-state index in [9.17, 15) is 4.79 Å². The fourth-order valence-electron chi connectivity index (χ4n) is 2.37. The van der Waals surface area contributed by atoms with Crippen LogP contribution in [0.5, 0.6) is 0 Å². The largest absolute Gasteiger partial charge is 0.374 e. The van der Waals surface area contributed by atoms with E-state index in [1.807, 2.05) is 18.0 Å². The van der Waals surface area contributed by atoms with E-state index >= 15 is 0 Å². The van der Waals surface area contributed by atoms with Crippen LogP contribution in [0.2, 0.25) is 0 Å². The third kappa shape index (κ3) is 4.82. The number of aromatic nitrogens is 1. The van der Waals surface area contributed by atoms with E-state index in [2.05, 4.69) is 16.9 Å². The highest BCUT2D eigenvalue weighted by Gasteiger charge is 2.22. The molecule has 6 nitrogen and oxygen atoms in total. The number of hydrogen-bond donors (Lipinski definition) is 1. The Morgan fingerprint density at radius 1 is 1.70 bits per heavy atom. The number of aryl methyl sites for hydroxylation is 1. The summed E-state index contributed by atoms with van der Waals surface area (Å²) in [7, 11) is 2.08. The number of hydrogen-bond acceptors (Lipinski definition) is 6. The fraction of sp³-hybridized carbons (Fsp3) is 0.692. The van der Waals surface area contributed by atoms with E-state index in [4.69, 9.17) is 10.5 Å². The van der Waals surface area contributed by atoms with Crippen LogP contribution in [0, 0.1) is 6.92 Å². The number of ether oxygens (including phenoxy) is 1. The van der Waals surface area contributed by atoms with Gasteiger partial charge < -0.3 is 15.4 Å². The van der Waals surface area contributed by atoms with Crippen LogP contribution in [0.4, 0.5) is 0 Å². The van der Waals surface area contributed by atoms with Gasteiger partial charge in [-0.2, -0.15) is 0 Å². The molecule has 7 heteroatoms. The molecule has 0 aromatic carbocycles. The van der Waals surface area contributed by atoms with Crippen molar-refractivity contribution in [2.75, 3.05) is 39.8 Å². The number of carbonyl (C=O) groups is 1. The average Bonchev–Trinajstić information content (AvgIpc) is 2.73. The highest BCUT2D eigenvalue weighted by atomic mass is 32.1. The first kappa shape index (κ1) is 15.4. The van der Waals surface area contributed by atoms with Gasteiger partial charge in [0, 0.05) is 37.3 Å². The highest BCUT2D eigenvalue weighted by molar-refractivity contribution is 7.11. The standard InChI is InChI=1S/C13H22N4O2S/c1-10-15-5-12(20-10)8-17(9-13(14)18)7-11-6-16(2)3-4-19-11/h5,11H,3-4,6-9H2,1-2H3,(H2,14,18). The fourth-order valence-corrected chi connectivity index (χ4v) is 3.21. The Kier molecular flexibility index (Phi) is 5.47. The van der Waals surface area contributed by atoms with Crippen LogP contribution in [0.15, 0.2) is 6.20 Å². The maximum absolute atomic E-state index is 11.2. The molecule has 1 unspecified atom stereocenters. The summed E-state index contributed by atoms with van der Waals surface area (Å²) in [6.45, 7) is 6.22. The molecular weight excluding hydrogens is 276 g/mol. The molecule has 1 aliphatic heterocycles. The number of likely N-dealkylation sites (N-methyl/N-ethyl adjacent to an activating group) is 1. The van der Waals surface area contributed by atoms with Gasteiger partial charge in [0.2, 0.25) is 5.91 Å². The summed E-state index contributed by atoms with van der Waals surface area (Å²) < 4.78 is 5.76. The lowest BCUT2D eigenvalue weighted by Crippen LogP contribution is -2.47. The van der Waals surface area contributed by atoms with Crippen molar-refractivity contribution in [1.29, 1.82) is 0 Å². The minimum Gasteiger partial charge on any atom is -0.374 e. The minimum atomic E-state index is -0.310. The van der Waals surface area contributed by atoms with Gasteiger partial charge in [-0.25, -0.2) is 4.98 Å². The normalized spacial score (nSPS) is 20.4. The van der Waals surface area contributed by atoms with Crippen molar-refractivity contribution in [1.82, 2.24) is 14.8 Å². The van der Waals surface area contributed by atoms with Gasteiger partial charge in [-0.3, -0.25) is 9.69 Å². The second-order valence-electron chi connectivity index (χ2n) is 5.24. The Labute approximate surface area is 123 Å². The summed E-state index contributed by atoms with van der Waals surface area (Å²) in [5, 5.41) is 1.03. The van der Waals surface area contributed by atoms with Gasteiger partial charge in [0.05, 0.1) is 24.3 Å². The van der Waals surface area contributed by atoms with Crippen LogP contribution in [0.25, 0.3) is 0 Å². The number of carbonyl (C=O) groups excluding carboxylic acids is 1. The van der Waals surface area contributed by atoms with Crippen molar-refractivity contribution in [2.45, 2.75) is 19.6 Å². The zero-order valence-corrected chi connectivity index (χ0v) is 12.9. The van der Waals surface area contributed by atoms with E-state index in [0.29, 0.717) is 13.1 Å². The SMILES string of the molecule is Cc1ncc(CN(CC(N)=O)CC2CN(C)CCO2)s1. The third-order valence-corrected chi connectivity index (χ3v) is 4.13. The number of amides is 1. The van der Waals surface area contributed by atoms with E-state index in [1.165, 1.54) is 0 Å². The molecule has 1 atom stereocenters. The number of morpholine rings is 1. The molecule has 2 rings (SSSR count). The molecule has 1 aliphatic rings. The molecule has 1 aromatic rings. The quantitative estimate of drug-likeness (QED) is 0.805. The van der Waals surface area contributed by atoms with Crippen LogP contribution in [-0.4, -0.2) is 66.6 Å². The van der Waals surface area contributed by atoms with Gasteiger partial charge >= 0.3 is 0 Å². The molecule has 2 N–H and O–H groups in total. The summed E-state index contributed by atoms with van der Waals surface area (Å²) in [6, 6.07) is 0. The van der Waals surface area contributed by atoms with Crippen LogP contribution >= 0.6 is 11.3 Å². The lowest BCUT2D eigenvalue weighted by molar-refractivity contribution is -0.120. The van der Waals surface area contributed by atoms with Gasteiger partial charge in [-0.1, -0.05) is 0 Å². The van der Waals surface area contributed by atoms with Crippen molar-refractivity contribution < 1.29 is 9.53 Å². The maximum Gasteiger partial charge on any atom is 0.231 e. The van der Waals surface area contributed by atoms with Crippen LogP contribution in [-0.2, 0) is 16.1 Å². The Hall–Kier alpha value is -1.02. The molecule has 0 saturated carbocycles. The molecule has 1 aromatic heterocycles. The highest BCUT2D eigenvalue weighted by Crippen LogP contribution is 2.15. The topological polar surface area (TPSA) is 71.7 Å². The van der Waals surface area contributed by atoms with Gasteiger partial charge in [-0.05, 0) is 14.0 Å². The van der Waals surface area contributed by atoms with E-state index in [1.54, 1.807) is 11.3 Å². The first-order valence-electron chi connectivity index (χ1n) is 6.75. The molecule has 0 aliphatic carbocycles. The molecule has 1 fully saturated rings. The second kappa shape index (κ2) is 7.12. The van der Waals surface area contributed by atoms with Crippen LogP contribution in [0.3, 0.4) is 0 Å². The zero-order valence-electron chi connectivity index (χ0n) is 12.0. The predicted octanol–water partition coefficient (Wildman–Crippen LogP) is 0.0694. The maximum atomic E-state index is 11.2. The molecular formula is C13H22N4O2S. The van der Waals surface area contributed by atoms with E-state index in [0.717, 1.165) is 29.6 Å². The summed E-state index contributed by atoms with van der Waals surface area (Å²) in [6.07, 6.45) is 1.99. The average molecular weight is 298 g/mol. The van der Waals surface area contributed by atoms with Crippen molar-refractivity contribution in [3.63, 3.8) is 0 Å². The summed E-state index contributed by atoms with van der Waals surface area (Å²) in [5.41, 5.74) is 5.34. The predicted molar refractivity (Wildman–Crippen MR) is 78.6 cm³/mol. The molecule has 0 radical (unpaired) electrons. The van der Waals surface area contributed by atoms with Gasteiger partial charge in [0.15, 0.2) is 0 Å². The molecule has 1 amide bonds. The van der Waals surface area contributed by atoms with Crippen LogP contribution < -0.4 is 5.73 Å². The second-order valence-corrected chi connectivity index (χ2v) is 6.56. The van der Waals surface area contributed by atoms with Gasteiger partial charge in [0.25, 0.3) is 0 Å². The summed E-state index contributed by atoms with van der Waals surface area (Å²) in [4.78, 5) is 20.9. The van der Waals surface area contributed by atoms with Crippen LogP contribution in [0.1, 0.15) is 9.88 Å². The molecule has 2 heterocycles. The van der Waals surface area contributed by atoms with Crippen molar-refractivity contribution >= 4 is 17.2 Å². The first-order valence-corrected chi connectivity index (χ1v) is 7.56. The lowest BCUT2D eigenvalue weighted by Gasteiger charge is -2.33. The molecule has 20 heavy (non-hydrogen) atoms. The van der Waals surface area contributed by atoms with Gasteiger partial charge in [0.1, 0.15) is 0 Å². The van der Waals surface area contributed by atoms with E-state index < -0.39 is 0 Å². The minimum absolute atomic E-state index is 0.127. The van der Waals surface area contributed by atoms with Crippen molar-refractivity contribution in [3.8, 4) is 0 Å². The third-order valence-electron chi connectivity index (χ3n) is 3.23. The molecule has 112 valence electrons. The van der Waals surface area contributed by atoms with E-state index in [-0.39, 0.29) is 18.6 Å². The number of nitrogens with two attached hydrogens (primary N) is 1. The summed E-state index contributed by atoms with van der Waals surface area (Å²) in [5.74, 6) is -0.310. The number of rotatable bonds is 6. The number of thiazole rings is 1. The Morgan fingerprint density at radius 3 is 3.10 bits per heavy atom. The van der Waals surface area contributed by atoms with Crippen molar-refractivity contribution in [3.05, 3.63) is 16.1 Å². The smallest absolute Gasteiger partial charge is 0.231 e. The Morgan fingerprint density at radius 2 is 2.50 bits per heavy atom. The molecule has 0 spiro atoms. The monoisotopic (exact) mass is 298 g/mol. The molecule has 0 bridgehead atoms. The first-order chi connectivity index (χ1) is 9.52. The Bertz CT molecular complexity index is 451. The lowest BCUT2D eigenvalue weighted by atomic mass is 10.2. The Balaban J connectivity index is 1.94. The van der Waals surface area contributed by atoms with Crippen molar-refractivity contribution in [2.24, 2.45) is 5.73 Å². The molecule has 1 saturated heterocycles. The zero-order chi connectivity index (χ0) is 14.5. The summed E-state index contributed by atoms with van der Waals surface area (Å²) >= 11 is 1.65. The van der Waals surface area contributed by atoms with Gasteiger partial charge in [-0.15, -0.1) is 11.3 Å². The number of primary amides is 1.